The van der Waals surface area contributed by atoms with E-state index in [-0.39, 0.29) is 7.43 Å². The molecule has 0 saturated heterocycles. The molecule has 0 rings (SSSR count). The maximum Gasteiger partial charge on any atom is -0.0536 e. The predicted molar refractivity (Wildman–Crippen MR) is 79.8 cm³/mol. The standard InChI is InChI=1S/C6H14.C4H10.2C2H6.CH4/c1-3-5-6-4-2;1-3-4-2;2*1-2;/h3-6H2,1-2H3;3-4H2,1-2H3;2*1-2H3;1H4. The van der Waals surface area contributed by atoms with Crippen LogP contribution in [0, 0.1) is 0 Å². The molecule has 0 bridgehead atoms. The Morgan fingerprint density at radius 1 is 0.467 bits per heavy atom. The number of hydrogen-bond acceptors (Lipinski definition) is 0. The SMILES string of the molecule is C.CC.CC.CCCC.CCCCCC. The fourth-order valence-corrected chi connectivity index (χ4v) is 0.500. The summed E-state index contributed by atoms with van der Waals surface area (Å²) in [4.78, 5) is 0. The maximum atomic E-state index is 2.23. The Morgan fingerprint density at radius 2 is 0.667 bits per heavy atom. The first-order chi connectivity index (χ1) is 6.83. The van der Waals surface area contributed by atoms with Crippen LogP contribution < -0.4 is 0 Å². The van der Waals surface area contributed by atoms with Gasteiger partial charge in [-0.3, -0.25) is 0 Å². The first-order valence-electron chi connectivity index (χ1n) is 6.83. The fourth-order valence-electron chi connectivity index (χ4n) is 0.500. The van der Waals surface area contributed by atoms with Crippen LogP contribution in [0.15, 0.2) is 0 Å². The van der Waals surface area contributed by atoms with Crippen molar-refractivity contribution in [2.45, 2.75) is 101 Å². The third kappa shape index (κ3) is 126. The Kier molecular flexibility index (Phi) is 129. The molecule has 0 saturated carbocycles. The lowest BCUT2D eigenvalue weighted by Gasteiger charge is -1.86. The van der Waals surface area contributed by atoms with Crippen LogP contribution >= 0.6 is 0 Å². The van der Waals surface area contributed by atoms with Crippen molar-refractivity contribution in [1.29, 1.82) is 0 Å². The summed E-state index contributed by atoms with van der Waals surface area (Å²) < 4.78 is 0. The second-order valence-corrected chi connectivity index (χ2v) is 2.71. The van der Waals surface area contributed by atoms with Gasteiger partial charge in [-0.1, -0.05) is 101 Å². The van der Waals surface area contributed by atoms with Crippen LogP contribution in [0.4, 0.5) is 0 Å². The second kappa shape index (κ2) is 65.7. The lowest BCUT2D eigenvalue weighted by Crippen LogP contribution is -1.66. The Morgan fingerprint density at radius 3 is 0.733 bits per heavy atom. The molecule has 0 aliphatic rings. The summed E-state index contributed by atoms with van der Waals surface area (Å²) in [5.74, 6) is 0. The third-order valence-electron chi connectivity index (χ3n) is 1.46. The van der Waals surface area contributed by atoms with Gasteiger partial charge in [-0.2, -0.15) is 0 Å². The number of rotatable bonds is 4. The van der Waals surface area contributed by atoms with Gasteiger partial charge in [0.25, 0.3) is 0 Å². The van der Waals surface area contributed by atoms with Gasteiger partial charge in [-0.05, 0) is 0 Å². The zero-order chi connectivity index (χ0) is 12.2. The lowest BCUT2D eigenvalue weighted by atomic mass is 10.2. The molecule has 0 atom stereocenters. The van der Waals surface area contributed by atoms with Crippen molar-refractivity contribution < 1.29 is 0 Å². The van der Waals surface area contributed by atoms with Crippen molar-refractivity contribution in [1.82, 2.24) is 0 Å². The van der Waals surface area contributed by atoms with Gasteiger partial charge in [0, 0.05) is 0 Å². The van der Waals surface area contributed by atoms with Crippen molar-refractivity contribution in [2.75, 3.05) is 0 Å². The highest BCUT2D eigenvalue weighted by atomic mass is 13.8. The van der Waals surface area contributed by atoms with E-state index in [2.05, 4.69) is 27.7 Å². The molecule has 0 heterocycles. The first-order valence-corrected chi connectivity index (χ1v) is 6.83. The lowest BCUT2D eigenvalue weighted by molar-refractivity contribution is 0.702. The van der Waals surface area contributed by atoms with Crippen LogP contribution in [0.1, 0.15) is 101 Å². The molecule has 0 fully saturated rings. The van der Waals surface area contributed by atoms with E-state index >= 15 is 0 Å². The van der Waals surface area contributed by atoms with Crippen molar-refractivity contribution in [3.63, 3.8) is 0 Å². The Balaban J connectivity index is -0.0000000327. The molecule has 0 N–H and O–H groups in total. The average molecular weight is 220 g/mol. The molecule has 0 radical (unpaired) electrons. The van der Waals surface area contributed by atoms with Gasteiger partial charge in [0.1, 0.15) is 0 Å². The summed E-state index contributed by atoms with van der Waals surface area (Å²) in [7, 11) is 0. The van der Waals surface area contributed by atoms with Crippen LogP contribution in [0.3, 0.4) is 0 Å². The molecule has 0 nitrogen and oxygen atoms in total. The minimum Gasteiger partial charge on any atom is -0.0776 e. The molecule has 0 aromatic rings. The van der Waals surface area contributed by atoms with Crippen molar-refractivity contribution in [3.8, 4) is 0 Å². The summed E-state index contributed by atoms with van der Waals surface area (Å²) in [6, 6.07) is 0. The van der Waals surface area contributed by atoms with Gasteiger partial charge in [0.15, 0.2) is 0 Å². The summed E-state index contributed by atoms with van der Waals surface area (Å²) in [6.07, 6.45) is 8.18. The van der Waals surface area contributed by atoms with Crippen LogP contribution in [-0.2, 0) is 0 Å². The van der Waals surface area contributed by atoms with Gasteiger partial charge >= 0.3 is 0 Å². The summed E-state index contributed by atoms with van der Waals surface area (Å²) in [6.45, 7) is 16.8. The zero-order valence-electron chi connectivity index (χ0n) is 12.2. The van der Waals surface area contributed by atoms with E-state index in [1.807, 2.05) is 27.7 Å². The number of hydrogen-bond donors (Lipinski definition) is 0. The predicted octanol–water partition coefficient (Wildman–Crippen LogP) is 7.08. The largest absolute Gasteiger partial charge is 0.0776 e. The molecule has 0 aliphatic carbocycles. The van der Waals surface area contributed by atoms with Crippen LogP contribution in [0.25, 0.3) is 0 Å². The third-order valence-corrected chi connectivity index (χ3v) is 1.46. The molecule has 0 aliphatic heterocycles. The van der Waals surface area contributed by atoms with E-state index in [4.69, 9.17) is 0 Å². The van der Waals surface area contributed by atoms with Gasteiger partial charge in [-0.15, -0.1) is 0 Å². The van der Waals surface area contributed by atoms with E-state index in [0.717, 1.165) is 0 Å². The van der Waals surface area contributed by atoms with Crippen molar-refractivity contribution in [3.05, 3.63) is 0 Å². The highest BCUT2D eigenvalue weighted by Gasteiger charge is 1.75. The van der Waals surface area contributed by atoms with E-state index in [0.29, 0.717) is 0 Å². The summed E-state index contributed by atoms with van der Waals surface area (Å²) in [5, 5.41) is 0. The maximum absolute atomic E-state index is 2.23. The topological polar surface area (TPSA) is 0 Å². The Hall–Kier alpha value is 0. The molecule has 0 spiro atoms. The molecule has 0 aromatic carbocycles. The average Bonchev–Trinajstić information content (AvgIpc) is 2.32. The van der Waals surface area contributed by atoms with Crippen molar-refractivity contribution in [2.24, 2.45) is 0 Å². The van der Waals surface area contributed by atoms with Gasteiger partial charge in [0.2, 0.25) is 0 Å². The molecular formula is C15H40. The highest BCUT2D eigenvalue weighted by molar-refractivity contribution is 4.31. The first kappa shape index (κ1) is 29.4. The molecule has 100 valence electrons. The quantitative estimate of drug-likeness (QED) is 0.444. The van der Waals surface area contributed by atoms with Crippen LogP contribution in [0.5, 0.6) is 0 Å². The zero-order valence-corrected chi connectivity index (χ0v) is 12.2. The van der Waals surface area contributed by atoms with Gasteiger partial charge in [-0.25, -0.2) is 0 Å². The summed E-state index contributed by atoms with van der Waals surface area (Å²) in [5.41, 5.74) is 0. The Bertz CT molecular complexity index is 25.0. The van der Waals surface area contributed by atoms with E-state index in [1.165, 1.54) is 38.5 Å². The smallest absolute Gasteiger partial charge is 0.0536 e. The Labute approximate surface area is 102 Å². The van der Waals surface area contributed by atoms with Gasteiger partial charge < -0.3 is 0 Å². The minimum atomic E-state index is 0. The molecule has 0 heteroatoms. The van der Waals surface area contributed by atoms with E-state index in [9.17, 15) is 0 Å². The van der Waals surface area contributed by atoms with Crippen molar-refractivity contribution >= 4 is 0 Å². The summed E-state index contributed by atoms with van der Waals surface area (Å²) >= 11 is 0. The fraction of sp³-hybridized carbons (Fsp3) is 1.00. The molecule has 0 amide bonds. The number of unbranched alkanes of at least 4 members (excludes halogenated alkanes) is 4. The van der Waals surface area contributed by atoms with E-state index < -0.39 is 0 Å². The highest BCUT2D eigenvalue weighted by Crippen LogP contribution is 1.95. The molecule has 0 unspecified atom stereocenters. The molecular weight excluding hydrogens is 180 g/mol. The second-order valence-electron chi connectivity index (χ2n) is 2.71. The molecule has 0 aromatic heterocycles. The van der Waals surface area contributed by atoms with Gasteiger partial charge in [0.05, 0.1) is 0 Å². The molecule has 15 heavy (non-hydrogen) atoms. The normalized spacial score (nSPS) is 6.40. The van der Waals surface area contributed by atoms with Crippen LogP contribution in [0.2, 0.25) is 0 Å². The van der Waals surface area contributed by atoms with E-state index in [1.54, 1.807) is 0 Å². The monoisotopic (exact) mass is 220 g/mol. The minimum absolute atomic E-state index is 0. The van der Waals surface area contributed by atoms with Crippen LogP contribution in [-0.4, -0.2) is 0 Å².